The van der Waals surface area contributed by atoms with Gasteiger partial charge in [0.2, 0.25) is 0 Å². The number of carbonyl (C=O) groups excluding carboxylic acids is 1. The number of ketones is 1. The zero-order chi connectivity index (χ0) is 23.1. The first-order valence-electron chi connectivity index (χ1n) is 10.4. The summed E-state index contributed by atoms with van der Waals surface area (Å²) in [7, 11) is 1.55. The number of hydrogen-bond acceptors (Lipinski definition) is 6. The highest BCUT2D eigenvalue weighted by Gasteiger charge is 2.09. The fourth-order valence-electron chi connectivity index (χ4n) is 3.29. The second kappa shape index (κ2) is 10.9. The maximum absolute atomic E-state index is 12.5. The SMILES string of the molecule is CCc1cc(Nc2cc(=O)n(CCSCC(=O)c3cccc(OC)c3)c(=O)[nH]2)ccc1C. The first-order chi connectivity index (χ1) is 15.4. The van der Waals surface area contributed by atoms with Crippen molar-refractivity contribution in [2.24, 2.45) is 0 Å². The third-order valence-corrected chi connectivity index (χ3v) is 6.05. The smallest absolute Gasteiger partial charge is 0.329 e. The van der Waals surface area contributed by atoms with Crippen LogP contribution < -0.4 is 21.3 Å². The molecule has 2 aromatic carbocycles. The highest BCUT2D eigenvalue weighted by atomic mass is 32.2. The predicted molar refractivity (Wildman–Crippen MR) is 130 cm³/mol. The van der Waals surface area contributed by atoms with Gasteiger partial charge in [-0.15, -0.1) is 0 Å². The van der Waals surface area contributed by atoms with Gasteiger partial charge < -0.3 is 10.1 Å². The minimum absolute atomic E-state index is 0.0285. The molecule has 0 unspecified atom stereocenters. The number of H-pyrrole nitrogens is 1. The quantitative estimate of drug-likeness (QED) is 0.359. The van der Waals surface area contributed by atoms with E-state index in [4.69, 9.17) is 4.74 Å². The minimum Gasteiger partial charge on any atom is -0.497 e. The van der Waals surface area contributed by atoms with E-state index in [9.17, 15) is 14.4 Å². The van der Waals surface area contributed by atoms with E-state index in [0.29, 0.717) is 22.9 Å². The van der Waals surface area contributed by atoms with Crippen LogP contribution in [0.5, 0.6) is 5.75 Å². The summed E-state index contributed by atoms with van der Waals surface area (Å²) in [6.07, 6.45) is 0.900. The Hall–Kier alpha value is -3.26. The van der Waals surface area contributed by atoms with Gasteiger partial charge in [-0.25, -0.2) is 4.79 Å². The highest BCUT2D eigenvalue weighted by Crippen LogP contribution is 2.18. The molecule has 2 N–H and O–H groups in total. The number of nitrogens with zero attached hydrogens (tertiary/aromatic N) is 1. The lowest BCUT2D eigenvalue weighted by Crippen LogP contribution is -2.35. The summed E-state index contributed by atoms with van der Waals surface area (Å²) in [5.74, 6) is 1.67. The number of nitrogens with one attached hydrogen (secondary N) is 2. The molecule has 0 aliphatic carbocycles. The molecule has 0 atom stereocenters. The lowest BCUT2D eigenvalue weighted by Gasteiger charge is -2.11. The number of anilines is 2. The molecule has 0 bridgehead atoms. The minimum atomic E-state index is -0.484. The number of thioether (sulfide) groups is 1. The second-order valence-corrected chi connectivity index (χ2v) is 8.41. The number of carbonyl (C=O) groups is 1. The Labute approximate surface area is 190 Å². The van der Waals surface area contributed by atoms with Crippen molar-refractivity contribution in [3.63, 3.8) is 0 Å². The van der Waals surface area contributed by atoms with Crippen LogP contribution in [0.3, 0.4) is 0 Å². The van der Waals surface area contributed by atoms with Crippen LogP contribution in [0.4, 0.5) is 11.5 Å². The van der Waals surface area contributed by atoms with Crippen molar-refractivity contribution in [1.29, 1.82) is 0 Å². The van der Waals surface area contributed by atoms with Crippen molar-refractivity contribution in [3.8, 4) is 5.75 Å². The number of methoxy groups -OCH3 is 1. The standard InChI is InChI=1S/C24H27N3O4S/c1-4-17-12-19(9-8-16(17)2)25-22-14-23(29)27(24(30)26-22)10-11-32-15-21(28)18-6-5-7-20(13-18)31-3/h5-9,12-14,25H,4,10-11,15H2,1-3H3,(H,26,30). The van der Waals surface area contributed by atoms with Crippen molar-refractivity contribution in [2.45, 2.75) is 26.8 Å². The van der Waals surface area contributed by atoms with E-state index in [0.717, 1.165) is 16.7 Å². The van der Waals surface area contributed by atoms with E-state index < -0.39 is 11.2 Å². The molecule has 0 saturated carbocycles. The first kappa shape index (κ1) is 23.4. The number of aromatic amines is 1. The van der Waals surface area contributed by atoms with Crippen LogP contribution >= 0.6 is 11.8 Å². The number of aryl methyl sites for hydroxylation is 2. The van der Waals surface area contributed by atoms with Crippen LogP contribution in [0, 0.1) is 6.92 Å². The molecule has 0 aliphatic rings. The van der Waals surface area contributed by atoms with E-state index in [-0.39, 0.29) is 18.1 Å². The summed E-state index contributed by atoms with van der Waals surface area (Å²) < 4.78 is 6.28. The number of aromatic nitrogens is 2. The molecule has 0 radical (unpaired) electrons. The van der Waals surface area contributed by atoms with E-state index >= 15 is 0 Å². The number of benzene rings is 2. The van der Waals surface area contributed by atoms with Crippen LogP contribution in [0.15, 0.2) is 58.1 Å². The Bertz CT molecular complexity index is 1190. The Morgan fingerprint density at radius 1 is 1.16 bits per heavy atom. The molecule has 8 heteroatoms. The fraction of sp³-hybridized carbons (Fsp3) is 0.292. The number of rotatable bonds is 10. The Morgan fingerprint density at radius 2 is 1.97 bits per heavy atom. The molecule has 3 aromatic rings. The topological polar surface area (TPSA) is 93.2 Å². The molecule has 0 amide bonds. The molecule has 3 rings (SSSR count). The van der Waals surface area contributed by atoms with E-state index in [1.54, 1.807) is 31.4 Å². The lowest BCUT2D eigenvalue weighted by molar-refractivity contribution is 0.102. The van der Waals surface area contributed by atoms with Gasteiger partial charge in [-0.3, -0.25) is 19.1 Å². The molecular formula is C24H27N3O4S. The van der Waals surface area contributed by atoms with Crippen LogP contribution in [0.25, 0.3) is 0 Å². The summed E-state index contributed by atoms with van der Waals surface area (Å²) in [6.45, 7) is 4.35. The van der Waals surface area contributed by atoms with E-state index in [2.05, 4.69) is 17.2 Å². The monoisotopic (exact) mass is 453 g/mol. The van der Waals surface area contributed by atoms with Crippen molar-refractivity contribution in [2.75, 3.05) is 23.9 Å². The zero-order valence-electron chi connectivity index (χ0n) is 18.4. The summed E-state index contributed by atoms with van der Waals surface area (Å²) in [5, 5.41) is 3.10. The van der Waals surface area contributed by atoms with Crippen molar-refractivity contribution >= 4 is 29.1 Å². The van der Waals surface area contributed by atoms with Crippen molar-refractivity contribution in [1.82, 2.24) is 9.55 Å². The predicted octanol–water partition coefficient (Wildman–Crippen LogP) is 3.78. The molecule has 0 fully saturated rings. The highest BCUT2D eigenvalue weighted by molar-refractivity contribution is 7.99. The largest absolute Gasteiger partial charge is 0.497 e. The van der Waals surface area contributed by atoms with Gasteiger partial charge in [0, 0.05) is 29.6 Å². The number of ether oxygens (including phenoxy) is 1. The van der Waals surface area contributed by atoms with Gasteiger partial charge in [-0.05, 0) is 48.7 Å². The van der Waals surface area contributed by atoms with Gasteiger partial charge in [0.05, 0.1) is 12.9 Å². The maximum Gasteiger partial charge on any atom is 0.329 e. The number of Topliss-reactive ketones (excluding diaryl/α,β-unsaturated/α-hetero) is 1. The van der Waals surface area contributed by atoms with Crippen molar-refractivity contribution in [3.05, 3.63) is 86.1 Å². The lowest BCUT2D eigenvalue weighted by atomic mass is 10.1. The molecule has 7 nitrogen and oxygen atoms in total. The van der Waals surface area contributed by atoms with Gasteiger partial charge in [-0.1, -0.05) is 25.1 Å². The van der Waals surface area contributed by atoms with Crippen LogP contribution in [0.2, 0.25) is 0 Å². The van der Waals surface area contributed by atoms with Gasteiger partial charge in [-0.2, -0.15) is 11.8 Å². The molecule has 0 saturated heterocycles. The maximum atomic E-state index is 12.5. The molecule has 32 heavy (non-hydrogen) atoms. The second-order valence-electron chi connectivity index (χ2n) is 7.31. The molecular weight excluding hydrogens is 426 g/mol. The normalized spacial score (nSPS) is 10.7. The molecule has 0 aliphatic heterocycles. The first-order valence-corrected chi connectivity index (χ1v) is 11.5. The van der Waals surface area contributed by atoms with E-state index in [1.165, 1.54) is 29.0 Å². The third kappa shape index (κ3) is 5.91. The van der Waals surface area contributed by atoms with Crippen LogP contribution in [-0.2, 0) is 13.0 Å². The molecule has 168 valence electrons. The van der Waals surface area contributed by atoms with Gasteiger partial charge in [0.15, 0.2) is 5.78 Å². The van der Waals surface area contributed by atoms with Gasteiger partial charge >= 0.3 is 5.69 Å². The van der Waals surface area contributed by atoms with Crippen molar-refractivity contribution < 1.29 is 9.53 Å². The van der Waals surface area contributed by atoms with Gasteiger partial charge in [0.25, 0.3) is 5.56 Å². The summed E-state index contributed by atoms with van der Waals surface area (Å²) >= 11 is 1.38. The summed E-state index contributed by atoms with van der Waals surface area (Å²) in [4.78, 5) is 39.9. The van der Waals surface area contributed by atoms with E-state index in [1.807, 2.05) is 25.1 Å². The van der Waals surface area contributed by atoms with Gasteiger partial charge in [0.1, 0.15) is 11.6 Å². The Morgan fingerprint density at radius 3 is 2.69 bits per heavy atom. The average molecular weight is 454 g/mol. The summed E-state index contributed by atoms with van der Waals surface area (Å²) in [5.41, 5.74) is 2.91. The summed E-state index contributed by atoms with van der Waals surface area (Å²) in [6, 6.07) is 14.3. The average Bonchev–Trinajstić information content (AvgIpc) is 2.79. The molecule has 1 heterocycles. The molecule has 1 aromatic heterocycles. The number of hydrogen-bond donors (Lipinski definition) is 2. The van der Waals surface area contributed by atoms with Crippen LogP contribution in [0.1, 0.15) is 28.4 Å². The zero-order valence-corrected chi connectivity index (χ0v) is 19.3. The molecule has 0 spiro atoms. The Kier molecular flexibility index (Phi) is 7.94. The van der Waals surface area contributed by atoms with Crippen LogP contribution in [-0.4, -0.2) is 33.9 Å². The fourth-order valence-corrected chi connectivity index (χ4v) is 4.09. The third-order valence-electron chi connectivity index (χ3n) is 5.11. The Balaban J connectivity index is 1.59.